The predicted octanol–water partition coefficient (Wildman–Crippen LogP) is 2.42. The fraction of sp³-hybridized carbons (Fsp3) is 0.263. The number of carbonyl (C=O) groups is 2. The van der Waals surface area contributed by atoms with Crippen LogP contribution in [-0.4, -0.2) is 51.8 Å². The lowest BCUT2D eigenvalue weighted by Crippen LogP contribution is -2.21. The molecule has 0 aromatic heterocycles. The van der Waals surface area contributed by atoms with E-state index in [2.05, 4.69) is 5.32 Å². The summed E-state index contributed by atoms with van der Waals surface area (Å²) < 4.78 is 25.6. The first-order valence-corrected chi connectivity index (χ1v) is 8.44. The van der Waals surface area contributed by atoms with Gasteiger partial charge in [0.1, 0.15) is 11.3 Å². The Morgan fingerprint density at radius 3 is 2.03 bits per heavy atom. The Kier molecular flexibility index (Phi) is 7.39. The summed E-state index contributed by atoms with van der Waals surface area (Å²) in [4.78, 5) is 34.7. The van der Waals surface area contributed by atoms with E-state index in [0.29, 0.717) is 22.9 Å². The summed E-state index contributed by atoms with van der Waals surface area (Å²) in [7, 11) is 5.60. The maximum absolute atomic E-state index is 12.3. The van der Waals surface area contributed by atoms with Gasteiger partial charge in [-0.3, -0.25) is 14.9 Å². The van der Waals surface area contributed by atoms with Crippen LogP contribution >= 0.6 is 0 Å². The van der Waals surface area contributed by atoms with Gasteiger partial charge in [0, 0.05) is 30.0 Å². The second kappa shape index (κ2) is 9.96. The highest BCUT2D eigenvalue weighted by molar-refractivity contribution is 5.97. The molecule has 0 saturated heterocycles. The molecule has 0 fully saturated rings. The molecule has 0 aliphatic rings. The number of nitrogens with zero attached hydrogens (tertiary/aromatic N) is 1. The molecule has 11 heteroatoms. The Morgan fingerprint density at radius 1 is 0.933 bits per heavy atom. The highest BCUT2D eigenvalue weighted by Gasteiger charge is 2.20. The average Bonchev–Trinajstić information content (AvgIpc) is 2.75. The lowest BCUT2D eigenvalue weighted by molar-refractivity contribution is -0.384. The highest BCUT2D eigenvalue weighted by Crippen LogP contribution is 2.39. The number of rotatable bonds is 9. The smallest absolute Gasteiger partial charge is 0.342 e. The molecule has 0 aliphatic heterocycles. The van der Waals surface area contributed by atoms with Crippen molar-refractivity contribution in [1.29, 1.82) is 0 Å². The van der Waals surface area contributed by atoms with Gasteiger partial charge in [0.15, 0.2) is 18.1 Å². The summed E-state index contributed by atoms with van der Waals surface area (Å²) >= 11 is 0. The molecule has 30 heavy (non-hydrogen) atoms. The minimum atomic E-state index is -0.949. The summed E-state index contributed by atoms with van der Waals surface area (Å²) in [5.41, 5.74) is -0.171. The van der Waals surface area contributed by atoms with Crippen LogP contribution in [0.3, 0.4) is 0 Å². The Balaban J connectivity index is 2.11. The number of amides is 1. The van der Waals surface area contributed by atoms with Gasteiger partial charge in [-0.05, 0) is 6.07 Å². The van der Waals surface area contributed by atoms with Crippen molar-refractivity contribution < 1.29 is 38.2 Å². The number of non-ortho nitro benzene ring substituents is 1. The van der Waals surface area contributed by atoms with Gasteiger partial charge in [0.25, 0.3) is 11.6 Å². The Morgan fingerprint density at radius 2 is 1.53 bits per heavy atom. The number of carbonyl (C=O) groups excluding carboxylic acids is 2. The van der Waals surface area contributed by atoms with E-state index >= 15 is 0 Å². The first-order chi connectivity index (χ1) is 14.3. The lowest BCUT2D eigenvalue weighted by atomic mass is 10.2. The Labute approximate surface area is 171 Å². The molecule has 0 aliphatic carbocycles. The maximum atomic E-state index is 12.3. The number of benzene rings is 2. The topological polar surface area (TPSA) is 135 Å². The molecule has 2 rings (SSSR count). The zero-order valence-electron chi connectivity index (χ0n) is 16.7. The van der Waals surface area contributed by atoms with Gasteiger partial charge >= 0.3 is 5.97 Å². The Hall–Kier alpha value is -4.02. The van der Waals surface area contributed by atoms with Crippen LogP contribution in [0.1, 0.15) is 10.4 Å². The van der Waals surface area contributed by atoms with Crippen molar-refractivity contribution in [2.24, 2.45) is 0 Å². The molecule has 1 amide bonds. The minimum absolute atomic E-state index is 0.0793. The molecule has 0 atom stereocenters. The van der Waals surface area contributed by atoms with E-state index in [0.717, 1.165) is 6.07 Å². The number of esters is 1. The van der Waals surface area contributed by atoms with Gasteiger partial charge < -0.3 is 29.0 Å². The normalized spacial score (nSPS) is 10.0. The maximum Gasteiger partial charge on any atom is 0.342 e. The summed E-state index contributed by atoms with van der Waals surface area (Å²) in [6.07, 6.45) is 0. The minimum Gasteiger partial charge on any atom is -0.496 e. The van der Waals surface area contributed by atoms with Crippen LogP contribution in [0.4, 0.5) is 11.4 Å². The third kappa shape index (κ3) is 5.07. The number of nitro groups is 1. The van der Waals surface area contributed by atoms with Crippen molar-refractivity contribution >= 4 is 23.3 Å². The van der Waals surface area contributed by atoms with Gasteiger partial charge in [-0.2, -0.15) is 0 Å². The van der Waals surface area contributed by atoms with Crippen molar-refractivity contribution in [3.8, 4) is 23.0 Å². The second-order valence-corrected chi connectivity index (χ2v) is 5.68. The molecule has 11 nitrogen and oxygen atoms in total. The third-order valence-electron chi connectivity index (χ3n) is 3.90. The van der Waals surface area contributed by atoms with Gasteiger partial charge in [-0.25, -0.2) is 4.79 Å². The molecule has 0 heterocycles. The average molecular weight is 420 g/mol. The first kappa shape index (κ1) is 22.3. The molecular weight excluding hydrogens is 400 g/mol. The molecule has 0 spiro atoms. The van der Waals surface area contributed by atoms with Crippen molar-refractivity contribution in [3.05, 3.63) is 46.0 Å². The van der Waals surface area contributed by atoms with Crippen LogP contribution < -0.4 is 24.3 Å². The van der Waals surface area contributed by atoms with Crippen LogP contribution in [0.25, 0.3) is 0 Å². The molecule has 0 unspecified atom stereocenters. The van der Waals surface area contributed by atoms with E-state index in [1.165, 1.54) is 52.7 Å². The lowest BCUT2D eigenvalue weighted by Gasteiger charge is -2.14. The highest BCUT2D eigenvalue weighted by atomic mass is 16.6. The van der Waals surface area contributed by atoms with E-state index in [9.17, 15) is 19.7 Å². The molecule has 0 bridgehead atoms. The zero-order chi connectivity index (χ0) is 22.3. The van der Waals surface area contributed by atoms with E-state index < -0.39 is 23.4 Å². The zero-order valence-corrected chi connectivity index (χ0v) is 16.7. The third-order valence-corrected chi connectivity index (χ3v) is 3.90. The van der Waals surface area contributed by atoms with Gasteiger partial charge in [0.2, 0.25) is 5.75 Å². The van der Waals surface area contributed by atoms with Crippen LogP contribution in [-0.2, 0) is 9.53 Å². The standard InChI is InChI=1S/C19H20N2O9/c1-26-14-6-5-12(21(24)25)9-13(14)19(23)30-10-17(22)20-11-7-15(27-2)18(29-4)16(8-11)28-3/h5-9H,10H2,1-4H3,(H,20,22). The summed E-state index contributed by atoms with van der Waals surface area (Å²) in [6.45, 7) is -0.638. The van der Waals surface area contributed by atoms with Crippen molar-refractivity contribution in [2.45, 2.75) is 0 Å². The number of anilines is 1. The van der Waals surface area contributed by atoms with E-state index in [1.54, 1.807) is 0 Å². The van der Waals surface area contributed by atoms with E-state index in [1.807, 2.05) is 0 Å². The SMILES string of the molecule is COc1ccc([N+](=O)[O-])cc1C(=O)OCC(=O)Nc1cc(OC)c(OC)c(OC)c1. The molecular formula is C19H20N2O9. The quantitative estimate of drug-likeness (QED) is 0.368. The molecule has 2 aromatic carbocycles. The molecule has 160 valence electrons. The number of ether oxygens (including phenoxy) is 5. The van der Waals surface area contributed by atoms with Crippen LogP contribution in [0.15, 0.2) is 30.3 Å². The van der Waals surface area contributed by atoms with Crippen LogP contribution in [0.2, 0.25) is 0 Å². The fourth-order valence-corrected chi connectivity index (χ4v) is 2.53. The van der Waals surface area contributed by atoms with Gasteiger partial charge in [-0.1, -0.05) is 0 Å². The molecule has 1 N–H and O–H groups in total. The molecule has 2 aromatic rings. The van der Waals surface area contributed by atoms with Crippen LogP contribution in [0, 0.1) is 10.1 Å². The fourth-order valence-electron chi connectivity index (χ4n) is 2.53. The summed E-state index contributed by atoms with van der Waals surface area (Å²) in [5, 5.41) is 13.5. The molecule has 0 radical (unpaired) electrons. The number of nitro benzene ring substituents is 1. The van der Waals surface area contributed by atoms with E-state index in [-0.39, 0.29) is 17.0 Å². The largest absolute Gasteiger partial charge is 0.496 e. The molecule has 0 saturated carbocycles. The van der Waals surface area contributed by atoms with Crippen LogP contribution in [0.5, 0.6) is 23.0 Å². The second-order valence-electron chi connectivity index (χ2n) is 5.68. The van der Waals surface area contributed by atoms with Gasteiger partial charge in [0.05, 0.1) is 33.4 Å². The van der Waals surface area contributed by atoms with E-state index in [4.69, 9.17) is 23.7 Å². The van der Waals surface area contributed by atoms with Crippen molar-refractivity contribution in [3.63, 3.8) is 0 Å². The number of hydrogen-bond acceptors (Lipinski definition) is 9. The first-order valence-electron chi connectivity index (χ1n) is 8.44. The van der Waals surface area contributed by atoms with Gasteiger partial charge in [-0.15, -0.1) is 0 Å². The predicted molar refractivity (Wildman–Crippen MR) is 105 cm³/mol. The summed E-state index contributed by atoms with van der Waals surface area (Å²) in [6, 6.07) is 6.48. The monoisotopic (exact) mass is 420 g/mol. The summed E-state index contributed by atoms with van der Waals surface area (Å²) in [5.74, 6) is -0.522. The van der Waals surface area contributed by atoms with Crippen molar-refractivity contribution in [2.75, 3.05) is 40.4 Å². The Bertz CT molecular complexity index is 934. The number of hydrogen-bond donors (Lipinski definition) is 1. The number of methoxy groups -OCH3 is 4. The van der Waals surface area contributed by atoms with Crippen molar-refractivity contribution in [1.82, 2.24) is 0 Å². The number of nitrogens with one attached hydrogen (secondary N) is 1.